The van der Waals surface area contributed by atoms with Crippen LogP contribution in [0.5, 0.6) is 0 Å². The number of thiazole rings is 1. The Hall–Kier alpha value is -2.42. The van der Waals surface area contributed by atoms with E-state index in [1.165, 1.54) is 23.0 Å². The van der Waals surface area contributed by atoms with Gasteiger partial charge in [-0.2, -0.15) is 4.98 Å². The Bertz CT molecular complexity index is 1280. The van der Waals surface area contributed by atoms with Crippen molar-refractivity contribution < 1.29 is 0 Å². The minimum Gasteiger partial charge on any atom is -0.303 e. The Morgan fingerprint density at radius 2 is 1.78 bits per heavy atom. The number of hydrogen-bond acceptors (Lipinski definition) is 5. The molecule has 0 saturated carbocycles. The molecule has 3 aromatic heterocycles. The number of aryl methyl sites for hydroxylation is 1. The van der Waals surface area contributed by atoms with E-state index in [2.05, 4.69) is 9.97 Å². The summed E-state index contributed by atoms with van der Waals surface area (Å²) < 4.78 is 3.95. The van der Waals surface area contributed by atoms with Crippen LogP contribution in [-0.4, -0.2) is 23.7 Å². The summed E-state index contributed by atoms with van der Waals surface area (Å²) in [5, 5.41) is 1.64. The van der Waals surface area contributed by atoms with Crippen molar-refractivity contribution in [1.82, 2.24) is 23.7 Å². The summed E-state index contributed by atoms with van der Waals surface area (Å²) in [5.74, 6) is 0. The predicted molar refractivity (Wildman–Crippen MR) is 107 cm³/mol. The van der Waals surface area contributed by atoms with E-state index in [0.717, 1.165) is 20.0 Å². The van der Waals surface area contributed by atoms with Gasteiger partial charge in [-0.25, -0.2) is 9.78 Å². The molecule has 0 bridgehead atoms. The molecular weight excluding hydrogens is 409 g/mol. The summed E-state index contributed by atoms with van der Waals surface area (Å²) in [6.45, 7) is 0.327. The molecule has 0 aliphatic carbocycles. The van der Waals surface area contributed by atoms with Gasteiger partial charge >= 0.3 is 5.69 Å². The zero-order chi connectivity index (χ0) is 19.3. The van der Waals surface area contributed by atoms with Crippen molar-refractivity contribution in [1.29, 1.82) is 0 Å². The van der Waals surface area contributed by atoms with Gasteiger partial charge in [0, 0.05) is 35.8 Å². The molecule has 0 unspecified atom stereocenters. The van der Waals surface area contributed by atoms with Crippen molar-refractivity contribution in [2.45, 2.75) is 6.54 Å². The highest BCUT2D eigenvalue weighted by Gasteiger charge is 2.19. The first-order valence-electron chi connectivity index (χ1n) is 7.89. The van der Waals surface area contributed by atoms with Gasteiger partial charge in [-0.05, 0) is 23.7 Å². The quantitative estimate of drug-likeness (QED) is 0.476. The first-order chi connectivity index (χ1) is 12.9. The molecule has 4 rings (SSSR count). The van der Waals surface area contributed by atoms with Crippen LogP contribution in [0.25, 0.3) is 21.7 Å². The van der Waals surface area contributed by atoms with E-state index in [1.807, 2.05) is 24.3 Å². The third-order valence-corrected chi connectivity index (χ3v) is 5.83. The molecule has 0 radical (unpaired) electrons. The van der Waals surface area contributed by atoms with E-state index in [9.17, 15) is 9.59 Å². The Balaban J connectivity index is 1.79. The molecule has 0 spiro atoms. The van der Waals surface area contributed by atoms with E-state index < -0.39 is 11.2 Å². The molecule has 0 fully saturated rings. The molecule has 0 atom stereocenters. The van der Waals surface area contributed by atoms with Gasteiger partial charge in [0.15, 0.2) is 11.2 Å². The number of halogens is 2. The topological polar surface area (TPSA) is 74.7 Å². The number of rotatable bonds is 3. The Morgan fingerprint density at radius 3 is 2.48 bits per heavy atom. The number of aromatic nitrogens is 5. The lowest BCUT2D eigenvalue weighted by Crippen LogP contribution is -2.37. The standard InChI is InChI=1S/C17H13Cl2N5O2S/c1-22-13-12(15(25)23(2)17(22)26)24(16(19)21-13)8-11-7-20-14(27-11)9-3-5-10(18)6-4-9/h3-7H,8H2,1-2H3. The highest BCUT2D eigenvalue weighted by Crippen LogP contribution is 2.28. The monoisotopic (exact) mass is 421 g/mol. The smallest absolute Gasteiger partial charge is 0.303 e. The van der Waals surface area contributed by atoms with Crippen LogP contribution < -0.4 is 11.2 Å². The largest absolute Gasteiger partial charge is 0.332 e. The van der Waals surface area contributed by atoms with Crippen LogP contribution >= 0.6 is 34.5 Å². The molecule has 138 valence electrons. The van der Waals surface area contributed by atoms with Crippen molar-refractivity contribution in [2.24, 2.45) is 14.1 Å². The van der Waals surface area contributed by atoms with Crippen LogP contribution in [0.3, 0.4) is 0 Å². The highest BCUT2D eigenvalue weighted by atomic mass is 35.5. The van der Waals surface area contributed by atoms with E-state index >= 15 is 0 Å². The molecule has 0 saturated heterocycles. The van der Waals surface area contributed by atoms with Gasteiger partial charge < -0.3 is 4.57 Å². The van der Waals surface area contributed by atoms with Gasteiger partial charge in [-0.1, -0.05) is 23.7 Å². The van der Waals surface area contributed by atoms with Crippen LogP contribution in [0.1, 0.15) is 4.88 Å². The zero-order valence-corrected chi connectivity index (χ0v) is 16.6. The van der Waals surface area contributed by atoms with Gasteiger partial charge in [0.05, 0.1) is 6.54 Å². The number of nitrogens with zero attached hydrogens (tertiary/aromatic N) is 5. The number of hydrogen-bond donors (Lipinski definition) is 0. The van der Waals surface area contributed by atoms with E-state index in [0.29, 0.717) is 11.6 Å². The summed E-state index contributed by atoms with van der Waals surface area (Å²) in [5.41, 5.74) is 0.615. The minimum atomic E-state index is -0.448. The van der Waals surface area contributed by atoms with Gasteiger partial charge in [-0.3, -0.25) is 13.9 Å². The van der Waals surface area contributed by atoms with Crippen LogP contribution in [0.2, 0.25) is 10.3 Å². The fourth-order valence-electron chi connectivity index (χ4n) is 2.83. The summed E-state index contributed by atoms with van der Waals surface area (Å²) in [6, 6.07) is 7.41. The summed E-state index contributed by atoms with van der Waals surface area (Å²) in [7, 11) is 2.99. The maximum absolute atomic E-state index is 12.6. The average molecular weight is 422 g/mol. The first kappa shape index (κ1) is 18.0. The summed E-state index contributed by atoms with van der Waals surface area (Å²) in [4.78, 5) is 34.2. The lowest BCUT2D eigenvalue weighted by molar-refractivity contribution is 0.703. The van der Waals surface area contributed by atoms with Crippen molar-refractivity contribution in [3.63, 3.8) is 0 Å². The number of fused-ring (bicyclic) bond motifs is 1. The van der Waals surface area contributed by atoms with Crippen molar-refractivity contribution in [3.05, 3.63) is 66.5 Å². The van der Waals surface area contributed by atoms with Gasteiger partial charge in [0.25, 0.3) is 5.56 Å². The Morgan fingerprint density at radius 1 is 1.07 bits per heavy atom. The molecule has 7 nitrogen and oxygen atoms in total. The van der Waals surface area contributed by atoms with Crippen molar-refractivity contribution in [2.75, 3.05) is 0 Å². The van der Waals surface area contributed by atoms with Crippen LogP contribution in [-0.2, 0) is 20.6 Å². The Kier molecular flexibility index (Phi) is 4.41. The third kappa shape index (κ3) is 2.99. The van der Waals surface area contributed by atoms with Crippen molar-refractivity contribution in [3.8, 4) is 10.6 Å². The normalized spacial score (nSPS) is 11.4. The third-order valence-electron chi connectivity index (χ3n) is 4.26. The number of imidazole rings is 1. The fraction of sp³-hybridized carbons (Fsp3) is 0.176. The zero-order valence-electron chi connectivity index (χ0n) is 14.3. The van der Waals surface area contributed by atoms with Crippen LogP contribution in [0.4, 0.5) is 0 Å². The van der Waals surface area contributed by atoms with Crippen LogP contribution in [0.15, 0.2) is 40.1 Å². The lowest BCUT2D eigenvalue weighted by atomic mass is 10.2. The van der Waals surface area contributed by atoms with Gasteiger partial charge in [-0.15, -0.1) is 11.3 Å². The maximum atomic E-state index is 12.6. The molecule has 0 amide bonds. The van der Waals surface area contributed by atoms with Gasteiger partial charge in [0.2, 0.25) is 5.28 Å². The molecule has 0 aliphatic heterocycles. The molecule has 27 heavy (non-hydrogen) atoms. The van der Waals surface area contributed by atoms with Crippen LogP contribution in [0, 0.1) is 0 Å². The lowest BCUT2D eigenvalue weighted by Gasteiger charge is -2.06. The predicted octanol–water partition coefficient (Wildman–Crippen LogP) is 2.91. The van der Waals surface area contributed by atoms with E-state index in [-0.39, 0.29) is 16.4 Å². The molecule has 4 aromatic rings. The summed E-state index contributed by atoms with van der Waals surface area (Å²) >= 11 is 13.7. The van der Waals surface area contributed by atoms with Gasteiger partial charge in [0.1, 0.15) is 5.01 Å². The number of benzene rings is 1. The molecule has 0 aliphatic rings. The second-order valence-electron chi connectivity index (χ2n) is 5.98. The molecule has 0 N–H and O–H groups in total. The molecule has 3 heterocycles. The second-order valence-corrected chi connectivity index (χ2v) is 7.87. The maximum Gasteiger partial charge on any atom is 0.332 e. The minimum absolute atomic E-state index is 0.143. The first-order valence-corrected chi connectivity index (χ1v) is 9.46. The van der Waals surface area contributed by atoms with E-state index in [1.54, 1.807) is 17.8 Å². The molecule has 10 heteroatoms. The Labute approximate surface area is 167 Å². The SMILES string of the molecule is Cn1c(=O)c2c(nc(Cl)n2Cc2cnc(-c3ccc(Cl)cc3)s2)n(C)c1=O. The van der Waals surface area contributed by atoms with E-state index in [4.69, 9.17) is 23.2 Å². The molecule has 1 aromatic carbocycles. The average Bonchev–Trinajstić information content (AvgIpc) is 3.24. The van der Waals surface area contributed by atoms with Crippen molar-refractivity contribution >= 4 is 45.7 Å². The summed E-state index contributed by atoms with van der Waals surface area (Å²) in [6.07, 6.45) is 1.74. The highest BCUT2D eigenvalue weighted by molar-refractivity contribution is 7.15. The fourth-order valence-corrected chi connectivity index (χ4v) is 4.08. The molecular formula is C17H13Cl2N5O2S. The second kappa shape index (κ2) is 6.63.